The van der Waals surface area contributed by atoms with E-state index in [-0.39, 0.29) is 23.4 Å². The molecule has 10 heteroatoms. The Morgan fingerprint density at radius 2 is 1.62 bits per heavy atom. The number of carbonyl (C=O) groups is 2. The number of nitro groups is 2. The summed E-state index contributed by atoms with van der Waals surface area (Å²) in [5.41, 5.74) is 0.146. The van der Waals surface area contributed by atoms with Crippen LogP contribution in [-0.4, -0.2) is 28.3 Å². The van der Waals surface area contributed by atoms with E-state index < -0.39 is 28.3 Å². The molecule has 1 N–H and O–H groups in total. The molecule has 2 rings (SSSR count). The predicted molar refractivity (Wildman–Crippen MR) is 89.5 cm³/mol. The minimum atomic E-state index is -0.793. The first-order valence-corrected chi connectivity index (χ1v) is 7.29. The van der Waals surface area contributed by atoms with Crippen LogP contribution >= 0.6 is 0 Å². The summed E-state index contributed by atoms with van der Waals surface area (Å²) in [6, 6.07) is 10.8. The van der Waals surface area contributed by atoms with Crippen molar-refractivity contribution in [3.8, 4) is 0 Å². The summed E-state index contributed by atoms with van der Waals surface area (Å²) in [4.78, 5) is 43.7. The quantitative estimate of drug-likeness (QED) is 0.454. The lowest BCUT2D eigenvalue weighted by Gasteiger charge is -2.07. The van der Waals surface area contributed by atoms with E-state index in [1.54, 1.807) is 6.07 Å². The fourth-order valence-electron chi connectivity index (χ4n) is 2.05. The van der Waals surface area contributed by atoms with Crippen molar-refractivity contribution < 1.29 is 24.2 Å². The van der Waals surface area contributed by atoms with Gasteiger partial charge in [0.1, 0.15) is 0 Å². The van der Waals surface area contributed by atoms with Gasteiger partial charge in [-0.25, -0.2) is 0 Å². The third kappa shape index (κ3) is 5.09. The number of hydrogen-bond donors (Lipinski definition) is 1. The topological polar surface area (TPSA) is 142 Å². The number of carbonyl (C=O) groups excluding carboxylic acids is 2. The highest BCUT2D eigenvalue weighted by Gasteiger charge is 2.17. The number of nitrogens with zero attached hydrogens (tertiary/aromatic N) is 2. The van der Waals surface area contributed by atoms with Crippen molar-refractivity contribution in [2.45, 2.75) is 6.42 Å². The largest absolute Gasteiger partial charge is 0.455 e. The fourth-order valence-corrected chi connectivity index (χ4v) is 2.05. The van der Waals surface area contributed by atoms with Gasteiger partial charge in [0, 0.05) is 29.4 Å². The molecular formula is C16H13N3O7. The van der Waals surface area contributed by atoms with Gasteiger partial charge in [-0.15, -0.1) is 0 Å². The summed E-state index contributed by atoms with van der Waals surface area (Å²) in [7, 11) is 0. The average Bonchev–Trinajstić information content (AvgIpc) is 2.60. The molecule has 0 spiro atoms. The maximum Gasteiger partial charge on any atom is 0.311 e. The third-order valence-electron chi connectivity index (χ3n) is 3.25. The van der Waals surface area contributed by atoms with Crippen LogP contribution in [0.4, 0.5) is 17.1 Å². The molecule has 0 saturated carbocycles. The maximum atomic E-state index is 11.8. The number of benzene rings is 2. The Bertz CT molecular complexity index is 849. The van der Waals surface area contributed by atoms with Crippen LogP contribution in [0, 0.1) is 20.2 Å². The normalized spacial score (nSPS) is 10.0. The zero-order valence-corrected chi connectivity index (χ0v) is 13.3. The monoisotopic (exact) mass is 359 g/mol. The van der Waals surface area contributed by atoms with Gasteiger partial charge in [0.2, 0.25) is 0 Å². The van der Waals surface area contributed by atoms with Crippen LogP contribution in [0.3, 0.4) is 0 Å². The molecule has 0 atom stereocenters. The van der Waals surface area contributed by atoms with Gasteiger partial charge in [-0.05, 0) is 12.1 Å². The molecule has 10 nitrogen and oxygen atoms in total. The van der Waals surface area contributed by atoms with E-state index in [0.29, 0.717) is 5.69 Å². The molecule has 0 bridgehead atoms. The average molecular weight is 359 g/mol. The number of para-hydroxylation sites is 1. The summed E-state index contributed by atoms with van der Waals surface area (Å²) in [6.45, 7) is -0.587. The molecule has 2 aromatic rings. The summed E-state index contributed by atoms with van der Waals surface area (Å²) < 4.78 is 4.79. The minimum Gasteiger partial charge on any atom is -0.455 e. The Hall–Kier alpha value is -3.82. The summed E-state index contributed by atoms with van der Waals surface area (Å²) >= 11 is 0. The molecular weight excluding hydrogens is 346 g/mol. The first-order valence-electron chi connectivity index (χ1n) is 7.29. The first kappa shape index (κ1) is 18.5. The number of anilines is 1. The molecule has 0 fully saturated rings. The number of rotatable bonds is 7. The van der Waals surface area contributed by atoms with Crippen molar-refractivity contribution in [2.75, 3.05) is 11.9 Å². The lowest BCUT2D eigenvalue weighted by Crippen LogP contribution is -2.21. The SMILES string of the molecule is O=C(COC(=O)Cc1ccccc1[N+](=O)[O-])Nc1ccc([N+](=O)[O-])cc1. The summed E-state index contributed by atoms with van der Waals surface area (Å²) in [5.74, 6) is -1.44. The highest BCUT2D eigenvalue weighted by atomic mass is 16.6. The standard InChI is InChI=1S/C16H13N3O7/c20-15(17-12-5-7-13(8-6-12)18(22)23)10-26-16(21)9-11-3-1-2-4-14(11)19(24)25/h1-8H,9-10H2,(H,17,20). The van der Waals surface area contributed by atoms with E-state index >= 15 is 0 Å². The number of non-ortho nitro benzene ring substituents is 1. The second-order valence-corrected chi connectivity index (χ2v) is 5.08. The highest BCUT2D eigenvalue weighted by molar-refractivity contribution is 5.93. The van der Waals surface area contributed by atoms with Gasteiger partial charge in [0.15, 0.2) is 6.61 Å². The van der Waals surface area contributed by atoms with E-state index in [9.17, 15) is 29.8 Å². The molecule has 0 aromatic heterocycles. The molecule has 2 aromatic carbocycles. The summed E-state index contributed by atoms with van der Waals surface area (Å²) in [5, 5.41) is 23.8. The van der Waals surface area contributed by atoms with Crippen LogP contribution in [0.5, 0.6) is 0 Å². The molecule has 26 heavy (non-hydrogen) atoms. The molecule has 0 saturated heterocycles. The first-order chi connectivity index (χ1) is 12.4. The number of nitrogens with one attached hydrogen (secondary N) is 1. The molecule has 0 aliphatic heterocycles. The Morgan fingerprint density at radius 1 is 0.962 bits per heavy atom. The molecule has 0 radical (unpaired) electrons. The van der Waals surface area contributed by atoms with Crippen molar-refractivity contribution >= 4 is 28.9 Å². The Morgan fingerprint density at radius 3 is 2.23 bits per heavy atom. The van der Waals surface area contributed by atoms with Crippen molar-refractivity contribution in [3.05, 3.63) is 74.3 Å². The van der Waals surface area contributed by atoms with E-state index in [1.807, 2.05) is 0 Å². The third-order valence-corrected chi connectivity index (χ3v) is 3.25. The maximum absolute atomic E-state index is 11.8. The van der Waals surface area contributed by atoms with Gasteiger partial charge in [0.25, 0.3) is 17.3 Å². The van der Waals surface area contributed by atoms with Gasteiger partial charge in [0.05, 0.1) is 16.3 Å². The number of ether oxygens (including phenoxy) is 1. The molecule has 134 valence electrons. The molecule has 0 unspecified atom stereocenters. The lowest BCUT2D eigenvalue weighted by atomic mass is 10.1. The van der Waals surface area contributed by atoms with Crippen LogP contribution < -0.4 is 5.32 Å². The van der Waals surface area contributed by atoms with Crippen LogP contribution in [0.25, 0.3) is 0 Å². The Kier molecular flexibility index (Phi) is 5.93. The number of amides is 1. The van der Waals surface area contributed by atoms with E-state index in [4.69, 9.17) is 4.74 Å². The lowest BCUT2D eigenvalue weighted by molar-refractivity contribution is -0.385. The second kappa shape index (κ2) is 8.33. The van der Waals surface area contributed by atoms with Crippen LogP contribution in [0.1, 0.15) is 5.56 Å². The van der Waals surface area contributed by atoms with Gasteiger partial charge >= 0.3 is 5.97 Å². The van der Waals surface area contributed by atoms with Crippen molar-refractivity contribution in [1.29, 1.82) is 0 Å². The highest BCUT2D eigenvalue weighted by Crippen LogP contribution is 2.18. The van der Waals surface area contributed by atoms with Crippen LogP contribution in [0.2, 0.25) is 0 Å². The summed E-state index contributed by atoms with van der Waals surface area (Å²) in [6.07, 6.45) is -0.345. The second-order valence-electron chi connectivity index (χ2n) is 5.08. The molecule has 0 aliphatic carbocycles. The van der Waals surface area contributed by atoms with Gasteiger partial charge < -0.3 is 10.1 Å². The zero-order valence-electron chi connectivity index (χ0n) is 13.3. The van der Waals surface area contributed by atoms with E-state index in [0.717, 1.165) is 0 Å². The fraction of sp³-hybridized carbons (Fsp3) is 0.125. The number of esters is 1. The zero-order chi connectivity index (χ0) is 19.1. The van der Waals surface area contributed by atoms with Gasteiger partial charge in [-0.2, -0.15) is 0 Å². The van der Waals surface area contributed by atoms with E-state index in [2.05, 4.69) is 5.32 Å². The smallest absolute Gasteiger partial charge is 0.311 e. The van der Waals surface area contributed by atoms with Crippen molar-refractivity contribution in [3.63, 3.8) is 0 Å². The van der Waals surface area contributed by atoms with Gasteiger partial charge in [-0.3, -0.25) is 29.8 Å². The minimum absolute atomic E-state index is 0.126. The predicted octanol–water partition coefficient (Wildman–Crippen LogP) is 2.23. The van der Waals surface area contributed by atoms with Crippen molar-refractivity contribution in [1.82, 2.24) is 0 Å². The van der Waals surface area contributed by atoms with Crippen LogP contribution in [0.15, 0.2) is 48.5 Å². The molecule has 0 heterocycles. The van der Waals surface area contributed by atoms with Crippen LogP contribution in [-0.2, 0) is 20.7 Å². The molecule has 1 amide bonds. The molecule has 0 aliphatic rings. The van der Waals surface area contributed by atoms with E-state index in [1.165, 1.54) is 42.5 Å². The number of nitro benzene ring substituents is 2. The van der Waals surface area contributed by atoms with Gasteiger partial charge in [-0.1, -0.05) is 18.2 Å². The van der Waals surface area contributed by atoms with Crippen molar-refractivity contribution in [2.24, 2.45) is 0 Å². The Labute approximate surface area is 146 Å². The number of hydrogen-bond acceptors (Lipinski definition) is 7. The Balaban J connectivity index is 1.86.